The van der Waals surface area contributed by atoms with Crippen molar-refractivity contribution in [3.05, 3.63) is 119 Å². The minimum Gasteiger partial charge on any atom is -0.497 e. The van der Waals surface area contributed by atoms with Gasteiger partial charge < -0.3 is 19.0 Å². The molecule has 1 N–H and O–H groups in total. The fraction of sp³-hybridized carbons (Fsp3) is 0.440. The maximum atomic E-state index is 15.0. The molecule has 57 heavy (non-hydrogen) atoms. The molecule has 7 heteroatoms. The smallest absolute Gasteiger partial charge is 0.192 e. The molecule has 0 fully saturated rings. The van der Waals surface area contributed by atoms with Crippen LogP contribution in [0, 0.1) is 22.5 Å². The first kappa shape index (κ1) is 44.1. The number of hydrogen-bond acceptors (Lipinski definition) is 4. The van der Waals surface area contributed by atoms with Crippen molar-refractivity contribution in [3.8, 4) is 33.8 Å². The van der Waals surface area contributed by atoms with E-state index in [0.717, 1.165) is 59.1 Å². The van der Waals surface area contributed by atoms with Crippen LogP contribution in [0.15, 0.2) is 84.9 Å². The summed E-state index contributed by atoms with van der Waals surface area (Å²) in [7, 11) is 1.34. The molecule has 0 saturated heterocycles. The zero-order chi connectivity index (χ0) is 41.8. The van der Waals surface area contributed by atoms with Crippen molar-refractivity contribution < 1.29 is 27.8 Å². The quantitative estimate of drug-likeness (QED) is 0.162. The molecule has 0 radical (unpaired) electrons. The van der Waals surface area contributed by atoms with Crippen LogP contribution in [0.3, 0.4) is 0 Å². The first-order valence-electron chi connectivity index (χ1n) is 20.4. The van der Waals surface area contributed by atoms with Gasteiger partial charge in [-0.05, 0) is 161 Å². The number of allylic oxidation sites excluding steroid dienone is 4. The SMILES string of the molecule is COc1ccc(F)c(-c2ccc(CO)cc2C2=CCCCC2(C)C)c1.COc1ccc(F)c(-c2ccc(CO[Si](C)(C)C(C)(C)C)cc2C2=CCCCC2(C)C)c1. The Morgan fingerprint density at radius 1 is 0.614 bits per heavy atom. The van der Waals surface area contributed by atoms with Crippen molar-refractivity contribution in [2.45, 2.75) is 118 Å². The Bertz CT molecular complexity index is 2100. The van der Waals surface area contributed by atoms with Gasteiger partial charge in [0.15, 0.2) is 8.32 Å². The molecule has 4 aromatic rings. The number of benzene rings is 4. The van der Waals surface area contributed by atoms with Crippen LogP contribution < -0.4 is 9.47 Å². The van der Waals surface area contributed by atoms with Gasteiger partial charge in [-0.15, -0.1) is 0 Å². The fourth-order valence-corrected chi connectivity index (χ4v) is 8.75. The van der Waals surface area contributed by atoms with Crippen molar-refractivity contribution in [2.24, 2.45) is 10.8 Å². The number of aliphatic hydroxyl groups is 1. The molecule has 0 aliphatic heterocycles. The van der Waals surface area contributed by atoms with Gasteiger partial charge in [-0.3, -0.25) is 0 Å². The van der Waals surface area contributed by atoms with Crippen molar-refractivity contribution in [3.63, 3.8) is 0 Å². The molecule has 0 saturated carbocycles. The second kappa shape index (κ2) is 17.8. The summed E-state index contributed by atoms with van der Waals surface area (Å²) >= 11 is 0. The van der Waals surface area contributed by atoms with E-state index in [1.54, 1.807) is 38.5 Å². The summed E-state index contributed by atoms with van der Waals surface area (Å²) in [6, 6.07) is 21.9. The third kappa shape index (κ3) is 10.2. The van der Waals surface area contributed by atoms with E-state index in [2.05, 4.69) is 91.9 Å². The number of rotatable bonds is 10. The topological polar surface area (TPSA) is 47.9 Å². The van der Waals surface area contributed by atoms with E-state index in [9.17, 15) is 13.9 Å². The van der Waals surface area contributed by atoms with E-state index in [1.165, 1.54) is 36.1 Å². The number of aliphatic hydroxyl groups excluding tert-OH is 1. The molecule has 2 aliphatic rings. The van der Waals surface area contributed by atoms with Crippen LogP contribution in [0.2, 0.25) is 18.1 Å². The molecular weight excluding hydrogens is 731 g/mol. The number of methoxy groups -OCH3 is 2. The highest BCUT2D eigenvalue weighted by Gasteiger charge is 2.37. The average molecular weight is 795 g/mol. The Hall–Kier alpha value is -4.04. The van der Waals surface area contributed by atoms with Crippen molar-refractivity contribution in [1.82, 2.24) is 0 Å². The second-order valence-electron chi connectivity index (χ2n) is 18.4. The first-order chi connectivity index (χ1) is 26.8. The summed E-state index contributed by atoms with van der Waals surface area (Å²) in [6.07, 6.45) is 11.3. The predicted molar refractivity (Wildman–Crippen MR) is 236 cm³/mol. The number of hydrogen-bond donors (Lipinski definition) is 1. The third-order valence-corrected chi connectivity index (χ3v) is 16.9. The molecule has 0 unspecified atom stereocenters. The minimum atomic E-state index is -1.86. The van der Waals surface area contributed by atoms with Gasteiger partial charge >= 0.3 is 0 Å². The predicted octanol–water partition coefficient (Wildman–Crippen LogP) is 14.2. The zero-order valence-corrected chi connectivity index (χ0v) is 37.2. The van der Waals surface area contributed by atoms with Gasteiger partial charge in [0.05, 0.1) is 27.4 Å². The maximum absolute atomic E-state index is 15.0. The van der Waals surface area contributed by atoms with Gasteiger partial charge in [0, 0.05) is 11.1 Å². The third-order valence-electron chi connectivity index (χ3n) is 12.4. The zero-order valence-electron chi connectivity index (χ0n) is 36.2. The molecule has 306 valence electrons. The summed E-state index contributed by atoms with van der Waals surface area (Å²) in [5.74, 6) is 0.791. The van der Waals surface area contributed by atoms with Crippen molar-refractivity contribution >= 4 is 19.5 Å². The van der Waals surface area contributed by atoms with E-state index in [4.69, 9.17) is 13.9 Å². The van der Waals surface area contributed by atoms with E-state index < -0.39 is 8.32 Å². The van der Waals surface area contributed by atoms with Crippen molar-refractivity contribution in [2.75, 3.05) is 14.2 Å². The van der Waals surface area contributed by atoms with Gasteiger partial charge in [-0.1, -0.05) is 84.9 Å². The van der Waals surface area contributed by atoms with Crippen LogP contribution in [-0.2, 0) is 17.6 Å². The van der Waals surface area contributed by atoms with Crippen LogP contribution in [0.4, 0.5) is 8.78 Å². The monoisotopic (exact) mass is 794 g/mol. The highest BCUT2D eigenvalue weighted by molar-refractivity contribution is 6.74. The Morgan fingerprint density at radius 2 is 1.05 bits per heavy atom. The van der Waals surface area contributed by atoms with Crippen LogP contribution >= 0.6 is 0 Å². The first-order valence-corrected chi connectivity index (χ1v) is 23.3. The summed E-state index contributed by atoms with van der Waals surface area (Å²) in [6.45, 7) is 20.9. The Morgan fingerprint density at radius 3 is 1.46 bits per heavy atom. The Kier molecular flexibility index (Phi) is 13.8. The lowest BCUT2D eigenvalue weighted by Crippen LogP contribution is -2.40. The summed E-state index contributed by atoms with van der Waals surface area (Å²) < 4.78 is 46.7. The highest BCUT2D eigenvalue weighted by atomic mass is 28.4. The lowest BCUT2D eigenvalue weighted by molar-refractivity contribution is 0.276. The molecule has 0 heterocycles. The molecule has 4 aromatic carbocycles. The molecule has 4 nitrogen and oxygen atoms in total. The van der Waals surface area contributed by atoms with Gasteiger partial charge in [-0.25, -0.2) is 8.78 Å². The maximum Gasteiger partial charge on any atom is 0.192 e. The average Bonchev–Trinajstić information content (AvgIpc) is 3.17. The van der Waals surface area contributed by atoms with E-state index in [0.29, 0.717) is 29.2 Å². The number of halogens is 2. The van der Waals surface area contributed by atoms with E-state index in [1.807, 2.05) is 18.2 Å². The highest BCUT2D eigenvalue weighted by Crippen LogP contribution is 2.48. The van der Waals surface area contributed by atoms with Crippen LogP contribution in [0.25, 0.3) is 33.4 Å². The molecule has 6 rings (SSSR count). The summed E-state index contributed by atoms with van der Waals surface area (Å²) in [5, 5.41) is 9.74. The largest absolute Gasteiger partial charge is 0.497 e. The molecular formula is C50H64F2O4Si. The van der Waals surface area contributed by atoms with Gasteiger partial charge in [0.2, 0.25) is 0 Å². The van der Waals surface area contributed by atoms with Crippen molar-refractivity contribution in [1.29, 1.82) is 0 Å². The fourth-order valence-electron chi connectivity index (χ4n) is 7.79. The van der Waals surface area contributed by atoms with E-state index in [-0.39, 0.29) is 34.1 Å². The Labute approximate surface area is 342 Å². The second-order valence-corrected chi connectivity index (χ2v) is 23.3. The molecule has 0 amide bonds. The standard InChI is InChI=1S/C28H39FO2Si.C22H25FO2/c1-27(2,3)32(7,8)31-19-20-12-14-22(24-18-21(30-6)13-15-26(24)29)23(17-20)25-11-9-10-16-28(25,4)5;1-22(2)11-5-4-6-20(22)18-12-15(14-24)7-9-17(18)19-13-16(25-3)8-10-21(19)23/h11-15,17-18H,9-10,16,19H2,1-8H3;6-10,12-13,24H,4-5,11,14H2,1-3H3. The minimum absolute atomic E-state index is 0.0242. The molecule has 2 aliphatic carbocycles. The molecule has 0 bridgehead atoms. The normalized spacial score (nSPS) is 16.5. The lowest BCUT2D eigenvalue weighted by Gasteiger charge is -2.36. The van der Waals surface area contributed by atoms with E-state index >= 15 is 0 Å². The van der Waals surface area contributed by atoms with Gasteiger partial charge in [0.1, 0.15) is 23.1 Å². The molecule has 0 atom stereocenters. The lowest BCUT2D eigenvalue weighted by atomic mass is 9.71. The van der Waals surface area contributed by atoms with Crippen LogP contribution in [0.5, 0.6) is 11.5 Å². The van der Waals surface area contributed by atoms with Crippen LogP contribution in [0.1, 0.15) is 109 Å². The van der Waals surface area contributed by atoms with Gasteiger partial charge in [-0.2, -0.15) is 0 Å². The molecule has 0 spiro atoms. The summed E-state index contributed by atoms with van der Waals surface area (Å²) in [4.78, 5) is 0. The number of ether oxygens (including phenoxy) is 2. The molecule has 0 aromatic heterocycles. The Balaban J connectivity index is 0.000000224. The van der Waals surface area contributed by atoms with Gasteiger partial charge in [0.25, 0.3) is 0 Å². The van der Waals surface area contributed by atoms with Crippen LogP contribution in [-0.4, -0.2) is 27.6 Å². The summed E-state index contributed by atoms with van der Waals surface area (Å²) in [5.41, 5.74) is 9.55.